The minimum atomic E-state index is -1.32. The predicted octanol–water partition coefficient (Wildman–Crippen LogP) is 2.88. The van der Waals surface area contributed by atoms with Crippen molar-refractivity contribution in [2.75, 3.05) is 5.32 Å². The van der Waals surface area contributed by atoms with Gasteiger partial charge in [0.2, 0.25) is 5.82 Å². The third-order valence-corrected chi connectivity index (χ3v) is 2.74. The minimum absolute atomic E-state index is 0.256. The zero-order valence-electron chi connectivity index (χ0n) is 10.8. The lowest BCUT2D eigenvalue weighted by atomic mass is 10.2. The highest BCUT2D eigenvalue weighted by Crippen LogP contribution is 2.27. The van der Waals surface area contributed by atoms with Gasteiger partial charge < -0.3 is 10.4 Å². The molecular formula is C13H10FN3O4. The molecule has 7 nitrogen and oxygen atoms in total. The van der Waals surface area contributed by atoms with E-state index < -0.39 is 22.4 Å². The molecule has 0 saturated carbocycles. The molecule has 2 rings (SSSR count). The molecule has 108 valence electrons. The van der Waals surface area contributed by atoms with Crippen LogP contribution in [0.25, 0.3) is 0 Å². The summed E-state index contributed by atoms with van der Waals surface area (Å²) in [6.07, 6.45) is 0. The smallest absolute Gasteiger partial charge is 0.354 e. The first-order valence-corrected chi connectivity index (χ1v) is 5.80. The minimum Gasteiger partial charge on any atom is -0.477 e. The van der Waals surface area contributed by atoms with Gasteiger partial charge in [-0.1, -0.05) is 6.07 Å². The number of hydrogen-bond acceptors (Lipinski definition) is 5. The van der Waals surface area contributed by atoms with E-state index in [1.807, 2.05) is 0 Å². The Balaban J connectivity index is 2.50. The number of nitrogens with zero attached hydrogens (tertiary/aromatic N) is 2. The molecule has 0 aliphatic carbocycles. The number of halogens is 1. The maximum Gasteiger partial charge on any atom is 0.354 e. The Kier molecular flexibility index (Phi) is 3.79. The van der Waals surface area contributed by atoms with E-state index >= 15 is 0 Å². The maximum atomic E-state index is 13.2. The number of pyridine rings is 1. The van der Waals surface area contributed by atoms with Crippen molar-refractivity contribution in [1.82, 2.24) is 4.98 Å². The molecule has 0 unspecified atom stereocenters. The van der Waals surface area contributed by atoms with E-state index in [0.29, 0.717) is 5.56 Å². The summed E-state index contributed by atoms with van der Waals surface area (Å²) >= 11 is 0. The second kappa shape index (κ2) is 5.53. The average molecular weight is 291 g/mol. The van der Waals surface area contributed by atoms with Crippen molar-refractivity contribution < 1.29 is 19.2 Å². The zero-order chi connectivity index (χ0) is 15.6. The molecule has 0 atom stereocenters. The highest BCUT2D eigenvalue weighted by molar-refractivity contribution is 5.87. The van der Waals surface area contributed by atoms with Gasteiger partial charge in [0.15, 0.2) is 5.69 Å². The molecule has 0 spiro atoms. The van der Waals surface area contributed by atoms with Crippen LogP contribution in [-0.2, 0) is 0 Å². The van der Waals surface area contributed by atoms with Gasteiger partial charge >= 0.3 is 11.7 Å². The Morgan fingerprint density at radius 3 is 2.71 bits per heavy atom. The number of nitrogens with one attached hydrogen (secondary N) is 1. The highest BCUT2D eigenvalue weighted by Gasteiger charge is 2.19. The molecule has 0 radical (unpaired) electrons. The monoisotopic (exact) mass is 291 g/mol. The van der Waals surface area contributed by atoms with Gasteiger partial charge in [-0.05, 0) is 30.7 Å². The lowest BCUT2D eigenvalue weighted by molar-refractivity contribution is -0.384. The van der Waals surface area contributed by atoms with Gasteiger partial charge in [0.1, 0.15) is 5.82 Å². The second-order valence-corrected chi connectivity index (χ2v) is 4.21. The molecule has 0 saturated heterocycles. The van der Waals surface area contributed by atoms with Crippen molar-refractivity contribution >= 4 is 23.2 Å². The van der Waals surface area contributed by atoms with Crippen LogP contribution in [0.5, 0.6) is 0 Å². The van der Waals surface area contributed by atoms with Gasteiger partial charge in [0, 0.05) is 11.8 Å². The molecule has 0 amide bonds. The Morgan fingerprint density at radius 1 is 1.38 bits per heavy atom. The number of aryl methyl sites for hydroxylation is 1. The molecule has 2 aromatic rings. The van der Waals surface area contributed by atoms with E-state index in [0.717, 1.165) is 18.2 Å². The highest BCUT2D eigenvalue weighted by atomic mass is 19.1. The van der Waals surface area contributed by atoms with Gasteiger partial charge in [-0.3, -0.25) is 10.1 Å². The number of hydrogen-bond donors (Lipinski definition) is 2. The number of carboxylic acids is 1. The van der Waals surface area contributed by atoms with Crippen molar-refractivity contribution in [2.24, 2.45) is 0 Å². The molecule has 2 N–H and O–H groups in total. The van der Waals surface area contributed by atoms with Gasteiger partial charge in [-0.2, -0.15) is 0 Å². The van der Waals surface area contributed by atoms with Crippen LogP contribution in [0, 0.1) is 22.9 Å². The quantitative estimate of drug-likeness (QED) is 0.662. The van der Waals surface area contributed by atoms with Gasteiger partial charge in [0.25, 0.3) is 0 Å². The summed E-state index contributed by atoms with van der Waals surface area (Å²) in [7, 11) is 0. The van der Waals surface area contributed by atoms with E-state index in [1.165, 1.54) is 12.1 Å². The first-order chi connectivity index (χ1) is 9.88. The summed E-state index contributed by atoms with van der Waals surface area (Å²) in [5, 5.41) is 22.4. The van der Waals surface area contributed by atoms with Crippen LogP contribution < -0.4 is 5.32 Å². The van der Waals surface area contributed by atoms with Crippen LogP contribution in [0.1, 0.15) is 16.1 Å². The van der Waals surface area contributed by atoms with E-state index in [-0.39, 0.29) is 17.2 Å². The molecule has 0 aliphatic heterocycles. The molecule has 1 aromatic carbocycles. The summed E-state index contributed by atoms with van der Waals surface area (Å²) < 4.78 is 13.2. The van der Waals surface area contributed by atoms with Gasteiger partial charge in [-0.25, -0.2) is 14.2 Å². The molecule has 0 bridgehead atoms. The molecule has 0 aliphatic rings. The first kappa shape index (κ1) is 14.4. The Labute approximate surface area is 118 Å². The van der Waals surface area contributed by atoms with Crippen molar-refractivity contribution in [2.45, 2.75) is 6.92 Å². The van der Waals surface area contributed by atoms with Crippen LogP contribution in [0.4, 0.5) is 21.6 Å². The Morgan fingerprint density at radius 2 is 2.10 bits per heavy atom. The van der Waals surface area contributed by atoms with Crippen molar-refractivity contribution in [3.8, 4) is 0 Å². The fourth-order valence-corrected chi connectivity index (χ4v) is 1.67. The van der Waals surface area contributed by atoms with Crippen molar-refractivity contribution in [3.05, 3.63) is 57.5 Å². The number of carboxylic acid groups (broad SMARTS) is 1. The topological polar surface area (TPSA) is 105 Å². The number of rotatable bonds is 4. The molecule has 21 heavy (non-hydrogen) atoms. The largest absolute Gasteiger partial charge is 0.477 e. The fraction of sp³-hybridized carbons (Fsp3) is 0.0769. The number of aromatic carboxylic acids is 1. The van der Waals surface area contributed by atoms with Crippen LogP contribution >= 0.6 is 0 Å². The summed E-state index contributed by atoms with van der Waals surface area (Å²) in [5.41, 5.74) is 0.155. The van der Waals surface area contributed by atoms with Crippen molar-refractivity contribution in [1.29, 1.82) is 0 Å². The summed E-state index contributed by atoms with van der Waals surface area (Å²) in [6, 6.07) is 5.95. The van der Waals surface area contributed by atoms with Crippen LogP contribution in [0.3, 0.4) is 0 Å². The molecule has 1 heterocycles. The van der Waals surface area contributed by atoms with Crippen LogP contribution in [0.2, 0.25) is 0 Å². The van der Waals surface area contributed by atoms with Crippen LogP contribution in [-0.4, -0.2) is 21.0 Å². The fourth-order valence-electron chi connectivity index (χ4n) is 1.67. The standard InChI is InChI=1S/C13H10FN3O4/c1-7-2-3-8(14)6-10(7)16-12-11(17(20)21)5-4-9(15-12)13(18)19/h2-6H,1H3,(H,15,16)(H,18,19). The van der Waals surface area contributed by atoms with E-state index in [1.54, 1.807) is 6.92 Å². The summed E-state index contributed by atoms with van der Waals surface area (Å²) in [6.45, 7) is 1.68. The van der Waals surface area contributed by atoms with Crippen LogP contribution in [0.15, 0.2) is 30.3 Å². The second-order valence-electron chi connectivity index (χ2n) is 4.21. The third kappa shape index (κ3) is 3.11. The Hall–Kier alpha value is -3.03. The normalized spacial score (nSPS) is 10.2. The number of benzene rings is 1. The summed E-state index contributed by atoms with van der Waals surface area (Å²) in [4.78, 5) is 24.8. The lowest BCUT2D eigenvalue weighted by Gasteiger charge is -2.09. The SMILES string of the molecule is Cc1ccc(F)cc1Nc1nc(C(=O)O)ccc1[N+](=O)[O-]. The molecule has 1 aromatic heterocycles. The van der Waals surface area contributed by atoms with E-state index in [4.69, 9.17) is 5.11 Å². The maximum absolute atomic E-state index is 13.2. The lowest BCUT2D eigenvalue weighted by Crippen LogP contribution is -2.06. The molecular weight excluding hydrogens is 281 g/mol. The predicted molar refractivity (Wildman–Crippen MR) is 72.3 cm³/mol. The molecule has 8 heteroatoms. The summed E-state index contributed by atoms with van der Waals surface area (Å²) in [5.74, 6) is -2.10. The number of aromatic nitrogens is 1. The zero-order valence-corrected chi connectivity index (χ0v) is 10.8. The van der Waals surface area contributed by atoms with E-state index in [2.05, 4.69) is 10.3 Å². The number of carbonyl (C=O) groups is 1. The molecule has 0 fully saturated rings. The van der Waals surface area contributed by atoms with Gasteiger partial charge in [0.05, 0.1) is 4.92 Å². The van der Waals surface area contributed by atoms with Gasteiger partial charge in [-0.15, -0.1) is 0 Å². The van der Waals surface area contributed by atoms with Crippen molar-refractivity contribution in [3.63, 3.8) is 0 Å². The average Bonchev–Trinajstić information content (AvgIpc) is 2.42. The number of nitro groups is 1. The Bertz CT molecular complexity index is 733. The first-order valence-electron chi connectivity index (χ1n) is 5.80. The number of anilines is 2. The van der Waals surface area contributed by atoms with E-state index in [9.17, 15) is 19.3 Å². The third-order valence-electron chi connectivity index (χ3n) is 2.74.